The molecule has 1 N–H and O–H groups in total. The fourth-order valence-corrected chi connectivity index (χ4v) is 7.21. The summed E-state index contributed by atoms with van der Waals surface area (Å²) < 4.78 is 40.3. The van der Waals surface area contributed by atoms with Gasteiger partial charge in [0.05, 0.1) is 29.3 Å². The molecule has 4 rings (SSSR count). The maximum absolute atomic E-state index is 14.1. The van der Waals surface area contributed by atoms with Crippen LogP contribution in [0.3, 0.4) is 0 Å². The number of aryl methyl sites for hydroxylation is 1. The van der Waals surface area contributed by atoms with Crippen molar-refractivity contribution in [3.8, 4) is 11.5 Å². The number of ether oxygens (including phenoxy) is 2. The standard InChI is InChI=1S/C32H38BrN3O6S/c1-22-9-13-26(14-10-22)36(43(39,40)28-17-18-30(42-4)29(33)19-28)21-31(37)35(20-24-11-15-27(41-3)16-12-24)23(2)32(38)34-25-7-5-6-8-25/h9-19,23,25H,5-8,20-21H2,1-4H3,(H,34,38)/t23-/m1/s1. The molecule has 1 aliphatic rings. The smallest absolute Gasteiger partial charge is 0.264 e. The Hall–Kier alpha value is -3.57. The van der Waals surface area contributed by atoms with Crippen LogP contribution in [0.1, 0.15) is 43.7 Å². The monoisotopic (exact) mass is 671 g/mol. The van der Waals surface area contributed by atoms with Crippen molar-refractivity contribution in [3.63, 3.8) is 0 Å². The van der Waals surface area contributed by atoms with E-state index in [9.17, 15) is 18.0 Å². The minimum Gasteiger partial charge on any atom is -0.497 e. The van der Waals surface area contributed by atoms with E-state index in [4.69, 9.17) is 9.47 Å². The van der Waals surface area contributed by atoms with Gasteiger partial charge in [0.1, 0.15) is 24.1 Å². The topological polar surface area (TPSA) is 105 Å². The van der Waals surface area contributed by atoms with E-state index in [0.717, 1.165) is 41.1 Å². The van der Waals surface area contributed by atoms with Gasteiger partial charge in [-0.1, -0.05) is 42.7 Å². The molecule has 230 valence electrons. The first-order chi connectivity index (χ1) is 20.5. The highest BCUT2D eigenvalue weighted by Gasteiger charge is 2.33. The van der Waals surface area contributed by atoms with Gasteiger partial charge in [0, 0.05) is 12.6 Å². The average molecular weight is 673 g/mol. The lowest BCUT2D eigenvalue weighted by molar-refractivity contribution is -0.139. The molecule has 0 spiro atoms. The van der Waals surface area contributed by atoms with Crippen LogP contribution in [-0.2, 0) is 26.2 Å². The first-order valence-corrected chi connectivity index (χ1v) is 16.4. The summed E-state index contributed by atoms with van der Waals surface area (Å²) in [6.45, 7) is 3.18. The number of anilines is 1. The third-order valence-electron chi connectivity index (χ3n) is 7.69. The van der Waals surface area contributed by atoms with Gasteiger partial charge in [-0.2, -0.15) is 0 Å². The quantitative estimate of drug-likeness (QED) is 0.275. The molecule has 0 radical (unpaired) electrons. The number of benzene rings is 3. The fraction of sp³-hybridized carbons (Fsp3) is 0.375. The molecule has 1 fully saturated rings. The molecule has 43 heavy (non-hydrogen) atoms. The largest absolute Gasteiger partial charge is 0.497 e. The Morgan fingerprint density at radius 1 is 0.977 bits per heavy atom. The van der Waals surface area contributed by atoms with Crippen LogP contribution in [0.5, 0.6) is 11.5 Å². The molecule has 1 saturated carbocycles. The number of rotatable bonds is 12. The first-order valence-electron chi connectivity index (χ1n) is 14.2. The molecule has 0 aromatic heterocycles. The molecule has 0 saturated heterocycles. The highest BCUT2D eigenvalue weighted by Crippen LogP contribution is 2.31. The second-order valence-electron chi connectivity index (χ2n) is 10.7. The molecule has 11 heteroatoms. The Bertz CT molecular complexity index is 1520. The number of carbonyl (C=O) groups is 2. The molecule has 2 amide bonds. The second-order valence-corrected chi connectivity index (χ2v) is 13.4. The van der Waals surface area contributed by atoms with Crippen LogP contribution in [0.15, 0.2) is 76.1 Å². The van der Waals surface area contributed by atoms with E-state index in [0.29, 0.717) is 21.7 Å². The van der Waals surface area contributed by atoms with Gasteiger partial charge in [-0.3, -0.25) is 13.9 Å². The zero-order valence-electron chi connectivity index (χ0n) is 24.9. The summed E-state index contributed by atoms with van der Waals surface area (Å²) in [7, 11) is -1.14. The third kappa shape index (κ3) is 7.88. The van der Waals surface area contributed by atoms with Gasteiger partial charge >= 0.3 is 0 Å². The van der Waals surface area contributed by atoms with Crippen molar-refractivity contribution in [2.75, 3.05) is 25.1 Å². The molecule has 0 aliphatic heterocycles. The van der Waals surface area contributed by atoms with Crippen molar-refractivity contribution < 1.29 is 27.5 Å². The number of hydrogen-bond donors (Lipinski definition) is 1. The van der Waals surface area contributed by atoms with Crippen LogP contribution in [-0.4, -0.2) is 58.0 Å². The van der Waals surface area contributed by atoms with Gasteiger partial charge in [0.15, 0.2) is 0 Å². The molecule has 1 atom stereocenters. The number of sulfonamides is 1. The SMILES string of the molecule is COc1ccc(CN(C(=O)CN(c2ccc(C)cc2)S(=O)(=O)c2ccc(OC)c(Br)c2)[C@H](C)C(=O)NC2CCCC2)cc1. The van der Waals surface area contributed by atoms with Crippen molar-refractivity contribution in [2.24, 2.45) is 0 Å². The third-order valence-corrected chi connectivity index (χ3v) is 10.1. The predicted molar refractivity (Wildman–Crippen MR) is 170 cm³/mol. The molecule has 9 nitrogen and oxygen atoms in total. The average Bonchev–Trinajstić information content (AvgIpc) is 3.52. The van der Waals surface area contributed by atoms with Crippen LogP contribution in [0.4, 0.5) is 5.69 Å². The van der Waals surface area contributed by atoms with Crippen molar-refractivity contribution in [2.45, 2.75) is 63.1 Å². The lowest BCUT2D eigenvalue weighted by Gasteiger charge is -2.32. The summed E-state index contributed by atoms with van der Waals surface area (Å²) in [5, 5.41) is 3.08. The number of carbonyl (C=O) groups excluding carboxylic acids is 2. The van der Waals surface area contributed by atoms with Crippen LogP contribution in [0.25, 0.3) is 0 Å². The summed E-state index contributed by atoms with van der Waals surface area (Å²) >= 11 is 3.37. The Morgan fingerprint density at radius 3 is 2.21 bits per heavy atom. The highest BCUT2D eigenvalue weighted by molar-refractivity contribution is 9.10. The van der Waals surface area contributed by atoms with Gasteiger partial charge in [-0.15, -0.1) is 0 Å². The summed E-state index contributed by atoms with van der Waals surface area (Å²) in [4.78, 5) is 28.9. The van der Waals surface area contributed by atoms with E-state index in [1.165, 1.54) is 24.1 Å². The first kappa shape index (κ1) is 32.3. The number of nitrogens with one attached hydrogen (secondary N) is 1. The Kier molecular flexibility index (Phi) is 10.7. The van der Waals surface area contributed by atoms with E-state index in [1.807, 2.05) is 19.1 Å². The number of halogens is 1. The molecule has 0 bridgehead atoms. The Labute approximate surface area is 262 Å². The van der Waals surface area contributed by atoms with E-state index in [1.54, 1.807) is 56.5 Å². The van der Waals surface area contributed by atoms with E-state index in [2.05, 4.69) is 21.2 Å². The van der Waals surface area contributed by atoms with Crippen molar-refractivity contribution in [3.05, 3.63) is 82.3 Å². The summed E-state index contributed by atoms with van der Waals surface area (Å²) in [5.74, 6) is 0.361. The van der Waals surface area contributed by atoms with Gasteiger partial charge < -0.3 is 19.7 Å². The summed E-state index contributed by atoms with van der Waals surface area (Å²) in [6, 6.07) is 17.8. The van der Waals surface area contributed by atoms with Gasteiger partial charge in [-0.25, -0.2) is 8.42 Å². The maximum Gasteiger partial charge on any atom is 0.264 e. The molecule has 0 heterocycles. The number of amides is 2. The lowest BCUT2D eigenvalue weighted by Crippen LogP contribution is -2.52. The molecular weight excluding hydrogens is 634 g/mol. The number of nitrogens with zero attached hydrogens (tertiary/aromatic N) is 2. The normalized spacial score (nSPS) is 14.2. The Balaban J connectivity index is 1.69. The second kappa shape index (κ2) is 14.3. The number of methoxy groups -OCH3 is 2. The van der Waals surface area contributed by atoms with Crippen molar-refractivity contribution in [1.29, 1.82) is 0 Å². The van der Waals surface area contributed by atoms with E-state index < -0.39 is 28.5 Å². The van der Waals surface area contributed by atoms with Gasteiger partial charge in [0.25, 0.3) is 10.0 Å². The van der Waals surface area contributed by atoms with Crippen LogP contribution in [0.2, 0.25) is 0 Å². The molecule has 1 aliphatic carbocycles. The highest BCUT2D eigenvalue weighted by atomic mass is 79.9. The molecule has 3 aromatic rings. The minimum absolute atomic E-state index is 0.0118. The zero-order chi connectivity index (χ0) is 31.1. The van der Waals surface area contributed by atoms with Crippen LogP contribution >= 0.6 is 15.9 Å². The van der Waals surface area contributed by atoms with Gasteiger partial charge in [-0.05, 0) is 90.6 Å². The summed E-state index contributed by atoms with van der Waals surface area (Å²) in [6.07, 6.45) is 3.92. The fourth-order valence-electron chi connectivity index (χ4n) is 5.08. The predicted octanol–water partition coefficient (Wildman–Crippen LogP) is 5.45. The summed E-state index contributed by atoms with van der Waals surface area (Å²) in [5.41, 5.74) is 2.05. The molecule has 0 unspecified atom stereocenters. The lowest BCUT2D eigenvalue weighted by atomic mass is 10.1. The van der Waals surface area contributed by atoms with Crippen molar-refractivity contribution >= 4 is 43.5 Å². The van der Waals surface area contributed by atoms with Crippen LogP contribution < -0.4 is 19.1 Å². The minimum atomic E-state index is -4.21. The van der Waals surface area contributed by atoms with Crippen molar-refractivity contribution in [1.82, 2.24) is 10.2 Å². The maximum atomic E-state index is 14.1. The Morgan fingerprint density at radius 2 is 1.63 bits per heavy atom. The zero-order valence-corrected chi connectivity index (χ0v) is 27.3. The van der Waals surface area contributed by atoms with E-state index in [-0.39, 0.29) is 23.4 Å². The number of hydrogen-bond acceptors (Lipinski definition) is 6. The van der Waals surface area contributed by atoms with E-state index >= 15 is 0 Å². The van der Waals surface area contributed by atoms with Crippen LogP contribution in [0, 0.1) is 6.92 Å². The van der Waals surface area contributed by atoms with Gasteiger partial charge in [0.2, 0.25) is 11.8 Å². The molecule has 3 aromatic carbocycles. The molecular formula is C32H38BrN3O6S.